The van der Waals surface area contributed by atoms with Crippen molar-refractivity contribution in [2.24, 2.45) is 5.92 Å². The Bertz CT molecular complexity index is 942. The van der Waals surface area contributed by atoms with E-state index in [1.165, 1.54) is 12.1 Å². The minimum atomic E-state index is -0.710. The molecule has 0 radical (unpaired) electrons. The summed E-state index contributed by atoms with van der Waals surface area (Å²) in [6.45, 7) is 1.50. The Kier molecular flexibility index (Phi) is 7.59. The smallest absolute Gasteiger partial charge is 0.309 e. The van der Waals surface area contributed by atoms with Crippen LogP contribution in [0.5, 0.6) is 5.75 Å². The monoisotopic (exact) mass is 427 g/mol. The molecule has 2 aromatic rings. The van der Waals surface area contributed by atoms with Crippen LogP contribution in [0.4, 0.5) is 4.39 Å². The van der Waals surface area contributed by atoms with E-state index >= 15 is 0 Å². The Labute approximate surface area is 180 Å². The van der Waals surface area contributed by atoms with Crippen LogP contribution in [0.25, 0.3) is 0 Å². The lowest BCUT2D eigenvalue weighted by Gasteiger charge is -2.32. The summed E-state index contributed by atoms with van der Waals surface area (Å²) in [7, 11) is 1.54. The summed E-state index contributed by atoms with van der Waals surface area (Å²) in [5.41, 5.74) is 0.846. The third kappa shape index (κ3) is 5.81. The zero-order valence-corrected chi connectivity index (χ0v) is 17.4. The van der Waals surface area contributed by atoms with Gasteiger partial charge in [-0.15, -0.1) is 0 Å². The maximum Gasteiger partial charge on any atom is 0.309 e. The Hall–Kier alpha value is -3.42. The molecule has 0 aromatic heterocycles. The van der Waals surface area contributed by atoms with E-state index in [1.807, 2.05) is 18.2 Å². The average molecular weight is 427 g/mol. The molecule has 164 valence electrons. The number of nitrogens with one attached hydrogen (secondary N) is 2. The van der Waals surface area contributed by atoms with Crippen LogP contribution in [0.3, 0.4) is 0 Å². The number of hydrogen-bond acceptors (Lipinski definition) is 4. The van der Waals surface area contributed by atoms with Gasteiger partial charge in [-0.2, -0.15) is 0 Å². The zero-order chi connectivity index (χ0) is 22.2. The van der Waals surface area contributed by atoms with Crippen molar-refractivity contribution in [3.8, 4) is 5.75 Å². The molecule has 1 saturated heterocycles. The highest BCUT2D eigenvalue weighted by Gasteiger charge is 2.26. The van der Waals surface area contributed by atoms with Crippen LogP contribution in [0.15, 0.2) is 48.5 Å². The predicted octanol–water partition coefficient (Wildman–Crippen LogP) is 2.12. The molecule has 1 heterocycles. The first kappa shape index (κ1) is 22.3. The average Bonchev–Trinajstić information content (AvgIpc) is 2.81. The van der Waals surface area contributed by atoms with E-state index in [1.54, 1.807) is 30.2 Å². The first-order chi connectivity index (χ1) is 15.0. The molecule has 0 unspecified atom stereocenters. The number of likely N-dealkylation sites (tertiary alicyclic amines) is 1. The molecule has 3 amide bonds. The summed E-state index contributed by atoms with van der Waals surface area (Å²) >= 11 is 0. The zero-order valence-electron chi connectivity index (χ0n) is 17.4. The van der Waals surface area contributed by atoms with Gasteiger partial charge in [0.2, 0.25) is 0 Å². The molecule has 0 aliphatic carbocycles. The fourth-order valence-electron chi connectivity index (χ4n) is 3.57. The highest BCUT2D eigenvalue weighted by molar-refractivity contribution is 6.35. The van der Waals surface area contributed by atoms with E-state index in [0.717, 1.165) is 5.56 Å². The first-order valence-corrected chi connectivity index (χ1v) is 10.2. The molecule has 2 N–H and O–H groups in total. The number of benzene rings is 2. The van der Waals surface area contributed by atoms with Gasteiger partial charge < -0.3 is 20.3 Å². The van der Waals surface area contributed by atoms with Crippen LogP contribution in [-0.2, 0) is 16.1 Å². The van der Waals surface area contributed by atoms with Crippen LogP contribution >= 0.6 is 0 Å². The van der Waals surface area contributed by atoms with Crippen LogP contribution in [0, 0.1) is 11.7 Å². The third-order valence-electron chi connectivity index (χ3n) is 5.40. The number of amides is 3. The molecule has 8 heteroatoms. The number of hydrogen-bond donors (Lipinski definition) is 2. The van der Waals surface area contributed by atoms with Crippen LogP contribution in [-0.4, -0.2) is 49.4 Å². The maximum absolute atomic E-state index is 13.8. The predicted molar refractivity (Wildman–Crippen MR) is 113 cm³/mol. The molecule has 0 atom stereocenters. The number of carbonyl (C=O) groups is 3. The van der Waals surface area contributed by atoms with Crippen molar-refractivity contribution in [1.82, 2.24) is 15.5 Å². The Morgan fingerprint density at radius 2 is 1.65 bits per heavy atom. The van der Waals surface area contributed by atoms with Crippen molar-refractivity contribution in [3.63, 3.8) is 0 Å². The molecular formula is C23H26FN3O4. The minimum absolute atomic E-state index is 0.0703. The number of halogens is 1. The molecule has 0 saturated carbocycles. The van der Waals surface area contributed by atoms with Gasteiger partial charge in [-0.25, -0.2) is 4.39 Å². The highest BCUT2D eigenvalue weighted by Crippen LogP contribution is 2.20. The molecule has 1 fully saturated rings. The standard InChI is InChI=1S/C23H26FN3O4/c1-31-20-9-5-2-6-17(20)15-26-22(29)21(28)25-14-16-10-12-27(13-11-16)23(30)18-7-3-4-8-19(18)24/h2-9,16H,10-15H2,1H3,(H,25,28)(H,26,29). The van der Waals surface area contributed by atoms with Crippen molar-refractivity contribution in [2.75, 3.05) is 26.7 Å². The number of rotatable bonds is 6. The molecule has 1 aliphatic rings. The van der Waals surface area contributed by atoms with E-state index in [4.69, 9.17) is 4.74 Å². The Morgan fingerprint density at radius 3 is 2.35 bits per heavy atom. The van der Waals surface area contributed by atoms with E-state index in [9.17, 15) is 18.8 Å². The van der Waals surface area contributed by atoms with Crippen molar-refractivity contribution >= 4 is 17.7 Å². The summed E-state index contributed by atoms with van der Waals surface area (Å²) in [6.07, 6.45) is 1.34. The van der Waals surface area contributed by atoms with Crippen molar-refractivity contribution in [3.05, 3.63) is 65.5 Å². The number of carbonyl (C=O) groups excluding carboxylic acids is 3. The lowest BCUT2D eigenvalue weighted by atomic mass is 9.96. The van der Waals surface area contributed by atoms with Gasteiger partial charge in [-0.05, 0) is 37.0 Å². The summed E-state index contributed by atoms with van der Waals surface area (Å²) in [4.78, 5) is 38.3. The van der Waals surface area contributed by atoms with Gasteiger partial charge in [-0.3, -0.25) is 14.4 Å². The van der Waals surface area contributed by atoms with Crippen molar-refractivity contribution in [1.29, 1.82) is 0 Å². The normalized spacial score (nSPS) is 14.1. The lowest BCUT2D eigenvalue weighted by Crippen LogP contribution is -2.44. The lowest BCUT2D eigenvalue weighted by molar-refractivity contribution is -0.139. The highest BCUT2D eigenvalue weighted by atomic mass is 19.1. The topological polar surface area (TPSA) is 87.7 Å². The molecule has 7 nitrogen and oxygen atoms in total. The molecule has 31 heavy (non-hydrogen) atoms. The SMILES string of the molecule is COc1ccccc1CNC(=O)C(=O)NCC1CCN(C(=O)c2ccccc2F)CC1. The summed E-state index contributed by atoms with van der Waals surface area (Å²) in [6, 6.07) is 13.2. The number of para-hydroxylation sites is 1. The largest absolute Gasteiger partial charge is 0.496 e. The van der Waals surface area contributed by atoms with E-state index in [2.05, 4.69) is 10.6 Å². The maximum atomic E-state index is 13.8. The molecule has 0 spiro atoms. The van der Waals surface area contributed by atoms with Gasteiger partial charge in [0, 0.05) is 31.7 Å². The summed E-state index contributed by atoms with van der Waals surface area (Å²) in [5, 5.41) is 5.24. The Morgan fingerprint density at radius 1 is 1.00 bits per heavy atom. The van der Waals surface area contributed by atoms with Crippen LogP contribution < -0.4 is 15.4 Å². The summed E-state index contributed by atoms with van der Waals surface area (Å²) in [5.74, 6) is -1.47. The molecule has 1 aliphatic heterocycles. The number of methoxy groups -OCH3 is 1. The molecule has 2 aromatic carbocycles. The third-order valence-corrected chi connectivity index (χ3v) is 5.40. The van der Waals surface area contributed by atoms with Gasteiger partial charge in [0.25, 0.3) is 5.91 Å². The minimum Gasteiger partial charge on any atom is -0.496 e. The molecular weight excluding hydrogens is 401 g/mol. The first-order valence-electron chi connectivity index (χ1n) is 10.2. The Balaban J connectivity index is 1.41. The molecule has 0 bridgehead atoms. The second-order valence-corrected chi connectivity index (χ2v) is 7.42. The van der Waals surface area contributed by atoms with Gasteiger partial charge in [0.15, 0.2) is 0 Å². The second-order valence-electron chi connectivity index (χ2n) is 7.42. The van der Waals surface area contributed by atoms with Gasteiger partial charge in [-0.1, -0.05) is 30.3 Å². The van der Waals surface area contributed by atoms with Gasteiger partial charge >= 0.3 is 11.8 Å². The van der Waals surface area contributed by atoms with Gasteiger partial charge in [0.05, 0.1) is 12.7 Å². The second kappa shape index (κ2) is 10.6. The van der Waals surface area contributed by atoms with Crippen molar-refractivity contribution in [2.45, 2.75) is 19.4 Å². The van der Waals surface area contributed by atoms with Gasteiger partial charge in [0.1, 0.15) is 11.6 Å². The van der Waals surface area contributed by atoms with E-state index in [-0.39, 0.29) is 23.9 Å². The fraction of sp³-hybridized carbons (Fsp3) is 0.348. The summed E-state index contributed by atoms with van der Waals surface area (Å²) < 4.78 is 19.1. The molecule has 3 rings (SSSR count). The quantitative estimate of drug-likeness (QED) is 0.692. The number of piperidine rings is 1. The van der Waals surface area contributed by atoms with Crippen LogP contribution in [0.1, 0.15) is 28.8 Å². The number of ether oxygens (including phenoxy) is 1. The van der Waals surface area contributed by atoms with Crippen molar-refractivity contribution < 1.29 is 23.5 Å². The van der Waals surface area contributed by atoms with E-state index in [0.29, 0.717) is 38.2 Å². The fourth-order valence-corrected chi connectivity index (χ4v) is 3.57. The van der Waals surface area contributed by atoms with Crippen LogP contribution in [0.2, 0.25) is 0 Å². The number of nitrogens with zero attached hydrogens (tertiary/aromatic N) is 1. The van der Waals surface area contributed by atoms with E-state index < -0.39 is 17.6 Å².